The summed E-state index contributed by atoms with van der Waals surface area (Å²) in [6, 6.07) is 0.233. The third-order valence-electron chi connectivity index (χ3n) is 3.47. The van der Waals surface area contributed by atoms with E-state index in [2.05, 4.69) is 26.1 Å². The van der Waals surface area contributed by atoms with E-state index in [0.29, 0.717) is 6.54 Å². The highest BCUT2D eigenvalue weighted by atomic mass is 16.5. The average Bonchev–Trinajstić information content (AvgIpc) is 2.76. The summed E-state index contributed by atoms with van der Waals surface area (Å²) in [6.07, 6.45) is 4.90. The average molecular weight is 256 g/mol. The van der Waals surface area contributed by atoms with Gasteiger partial charge in [-0.1, -0.05) is 26.7 Å². The number of nitrogens with one attached hydrogen (secondary N) is 1. The van der Waals surface area contributed by atoms with Crippen molar-refractivity contribution in [3.8, 4) is 0 Å². The zero-order chi connectivity index (χ0) is 13.5. The van der Waals surface area contributed by atoms with Gasteiger partial charge in [-0.3, -0.25) is 4.79 Å². The molecular formula is C14H28N2O2. The highest BCUT2D eigenvalue weighted by molar-refractivity contribution is 5.81. The van der Waals surface area contributed by atoms with Crippen LogP contribution in [0.3, 0.4) is 0 Å². The predicted octanol–water partition coefficient (Wildman–Crippen LogP) is 1.82. The van der Waals surface area contributed by atoms with E-state index in [1.165, 1.54) is 6.42 Å². The van der Waals surface area contributed by atoms with Gasteiger partial charge in [0.1, 0.15) is 6.10 Å². The molecule has 1 aliphatic rings. The van der Waals surface area contributed by atoms with Gasteiger partial charge in [0.05, 0.1) is 6.10 Å². The number of ether oxygens (including phenoxy) is 1. The van der Waals surface area contributed by atoms with Crippen LogP contribution in [0.4, 0.5) is 0 Å². The van der Waals surface area contributed by atoms with Gasteiger partial charge in [0.2, 0.25) is 5.91 Å². The van der Waals surface area contributed by atoms with Crippen molar-refractivity contribution < 1.29 is 9.53 Å². The monoisotopic (exact) mass is 256 g/mol. The van der Waals surface area contributed by atoms with Crippen molar-refractivity contribution in [2.75, 3.05) is 6.54 Å². The molecule has 0 radical (unpaired) electrons. The Balaban J connectivity index is 2.19. The van der Waals surface area contributed by atoms with Crippen molar-refractivity contribution in [1.82, 2.24) is 5.32 Å². The lowest BCUT2D eigenvalue weighted by atomic mass is 10.0. The third kappa shape index (κ3) is 5.36. The van der Waals surface area contributed by atoms with Crippen molar-refractivity contribution in [3.05, 3.63) is 0 Å². The number of amides is 1. The van der Waals surface area contributed by atoms with Crippen LogP contribution in [0.2, 0.25) is 0 Å². The minimum atomic E-state index is -0.286. The number of carbonyl (C=O) groups excluding carboxylic acids is 1. The maximum absolute atomic E-state index is 11.9. The van der Waals surface area contributed by atoms with Crippen molar-refractivity contribution in [2.24, 2.45) is 11.7 Å². The number of carbonyl (C=O) groups is 1. The first kappa shape index (κ1) is 15.4. The summed E-state index contributed by atoms with van der Waals surface area (Å²) >= 11 is 0. The number of nitrogens with two attached hydrogens (primary N) is 1. The standard InChI is InChI=1S/C14H28N2O2/c1-10(2)5-4-6-11(3)16-14(17)13-8-7-12(9-15)18-13/h10-13H,4-9,15H2,1-3H3,(H,16,17). The van der Waals surface area contributed by atoms with Crippen LogP contribution in [0, 0.1) is 5.92 Å². The van der Waals surface area contributed by atoms with Gasteiger partial charge in [-0.05, 0) is 32.1 Å². The van der Waals surface area contributed by atoms with Gasteiger partial charge in [-0.2, -0.15) is 0 Å². The van der Waals surface area contributed by atoms with Crippen LogP contribution in [-0.2, 0) is 9.53 Å². The molecule has 4 nitrogen and oxygen atoms in total. The minimum absolute atomic E-state index is 0.0306. The smallest absolute Gasteiger partial charge is 0.249 e. The zero-order valence-electron chi connectivity index (χ0n) is 11.9. The van der Waals surface area contributed by atoms with Gasteiger partial charge >= 0.3 is 0 Å². The molecule has 1 amide bonds. The van der Waals surface area contributed by atoms with Gasteiger partial charge in [0.15, 0.2) is 0 Å². The minimum Gasteiger partial charge on any atom is -0.364 e. The van der Waals surface area contributed by atoms with E-state index in [4.69, 9.17) is 10.5 Å². The molecule has 4 heteroatoms. The van der Waals surface area contributed by atoms with E-state index in [9.17, 15) is 4.79 Å². The molecule has 3 unspecified atom stereocenters. The molecule has 18 heavy (non-hydrogen) atoms. The molecule has 1 heterocycles. The third-order valence-corrected chi connectivity index (χ3v) is 3.47. The summed E-state index contributed by atoms with van der Waals surface area (Å²) < 4.78 is 5.58. The molecule has 0 aromatic rings. The van der Waals surface area contributed by atoms with Crippen LogP contribution in [0.5, 0.6) is 0 Å². The lowest BCUT2D eigenvalue weighted by Crippen LogP contribution is -2.40. The van der Waals surface area contributed by atoms with Gasteiger partial charge in [0.25, 0.3) is 0 Å². The Morgan fingerprint density at radius 2 is 2.06 bits per heavy atom. The molecule has 106 valence electrons. The second-order valence-electron chi connectivity index (χ2n) is 5.79. The fourth-order valence-corrected chi connectivity index (χ4v) is 2.31. The molecule has 0 bridgehead atoms. The molecule has 0 saturated carbocycles. The number of rotatable bonds is 7. The molecule has 0 spiro atoms. The highest BCUT2D eigenvalue weighted by Gasteiger charge is 2.30. The van der Waals surface area contributed by atoms with E-state index in [-0.39, 0.29) is 24.2 Å². The van der Waals surface area contributed by atoms with E-state index in [1.54, 1.807) is 0 Å². The molecule has 0 aromatic heterocycles. The van der Waals surface area contributed by atoms with E-state index in [0.717, 1.165) is 31.6 Å². The maximum atomic E-state index is 11.9. The number of hydrogen-bond acceptors (Lipinski definition) is 3. The molecule has 0 aliphatic carbocycles. The summed E-state index contributed by atoms with van der Waals surface area (Å²) in [5.41, 5.74) is 5.53. The fourth-order valence-electron chi connectivity index (χ4n) is 2.31. The highest BCUT2D eigenvalue weighted by Crippen LogP contribution is 2.19. The Bertz CT molecular complexity index is 256. The molecule has 1 fully saturated rings. The van der Waals surface area contributed by atoms with Crippen molar-refractivity contribution in [1.29, 1.82) is 0 Å². The van der Waals surface area contributed by atoms with E-state index in [1.807, 2.05) is 0 Å². The van der Waals surface area contributed by atoms with Gasteiger partial charge in [0, 0.05) is 12.6 Å². The van der Waals surface area contributed by atoms with Crippen LogP contribution in [-0.4, -0.2) is 30.7 Å². The zero-order valence-corrected chi connectivity index (χ0v) is 11.9. The SMILES string of the molecule is CC(C)CCCC(C)NC(=O)C1CCC(CN)O1. The number of hydrogen-bond donors (Lipinski definition) is 2. The van der Waals surface area contributed by atoms with Crippen LogP contribution < -0.4 is 11.1 Å². The molecular weight excluding hydrogens is 228 g/mol. The summed E-state index contributed by atoms with van der Waals surface area (Å²) in [6.45, 7) is 7.02. The van der Waals surface area contributed by atoms with Crippen molar-refractivity contribution >= 4 is 5.91 Å². The van der Waals surface area contributed by atoms with Gasteiger partial charge < -0.3 is 15.8 Å². The normalized spacial score (nSPS) is 25.4. The second-order valence-corrected chi connectivity index (χ2v) is 5.79. The van der Waals surface area contributed by atoms with Crippen LogP contribution in [0.15, 0.2) is 0 Å². The first-order valence-electron chi connectivity index (χ1n) is 7.18. The van der Waals surface area contributed by atoms with Crippen molar-refractivity contribution in [2.45, 2.75) is 71.1 Å². The largest absolute Gasteiger partial charge is 0.364 e. The quantitative estimate of drug-likeness (QED) is 0.730. The van der Waals surface area contributed by atoms with Crippen LogP contribution in [0.25, 0.3) is 0 Å². The van der Waals surface area contributed by atoms with E-state index < -0.39 is 0 Å². The maximum Gasteiger partial charge on any atom is 0.249 e. The van der Waals surface area contributed by atoms with Crippen LogP contribution in [0.1, 0.15) is 52.9 Å². The van der Waals surface area contributed by atoms with Crippen LogP contribution >= 0.6 is 0 Å². The molecule has 3 N–H and O–H groups in total. The Morgan fingerprint density at radius 3 is 2.61 bits per heavy atom. The predicted molar refractivity (Wildman–Crippen MR) is 73.2 cm³/mol. The molecule has 0 aromatic carbocycles. The summed E-state index contributed by atoms with van der Waals surface area (Å²) in [4.78, 5) is 11.9. The molecule has 1 saturated heterocycles. The molecule has 3 atom stereocenters. The first-order valence-corrected chi connectivity index (χ1v) is 7.18. The topological polar surface area (TPSA) is 64.4 Å². The molecule has 1 aliphatic heterocycles. The lowest BCUT2D eigenvalue weighted by molar-refractivity contribution is -0.132. The summed E-state index contributed by atoms with van der Waals surface area (Å²) in [5, 5.41) is 3.04. The van der Waals surface area contributed by atoms with Gasteiger partial charge in [-0.25, -0.2) is 0 Å². The second kappa shape index (κ2) is 7.74. The van der Waals surface area contributed by atoms with Gasteiger partial charge in [-0.15, -0.1) is 0 Å². The lowest BCUT2D eigenvalue weighted by Gasteiger charge is -2.18. The summed E-state index contributed by atoms with van der Waals surface area (Å²) in [5.74, 6) is 0.763. The van der Waals surface area contributed by atoms with Crippen molar-refractivity contribution in [3.63, 3.8) is 0 Å². The molecule has 1 rings (SSSR count). The Hall–Kier alpha value is -0.610. The summed E-state index contributed by atoms with van der Waals surface area (Å²) in [7, 11) is 0. The Kier molecular flexibility index (Phi) is 6.65. The first-order chi connectivity index (χ1) is 8.52. The Morgan fingerprint density at radius 1 is 1.33 bits per heavy atom. The fraction of sp³-hybridized carbons (Fsp3) is 0.929. The Labute approximate surface area is 111 Å². The van der Waals surface area contributed by atoms with E-state index >= 15 is 0 Å².